The van der Waals surface area contributed by atoms with Crippen LogP contribution in [0, 0.1) is 0 Å². The first-order valence-corrected chi connectivity index (χ1v) is 3.98. The van der Waals surface area contributed by atoms with Gasteiger partial charge < -0.3 is 4.55 Å². The summed E-state index contributed by atoms with van der Waals surface area (Å²) in [6.45, 7) is 0. The van der Waals surface area contributed by atoms with Gasteiger partial charge in [0.15, 0.2) is 0 Å². The zero-order chi connectivity index (χ0) is 8.10. The molecule has 58 valence electrons. The van der Waals surface area contributed by atoms with E-state index in [0.29, 0.717) is 6.42 Å². The summed E-state index contributed by atoms with van der Waals surface area (Å²) >= 11 is 0.281. The lowest BCUT2D eigenvalue weighted by Crippen LogP contribution is -1.95. The van der Waals surface area contributed by atoms with E-state index < -0.39 is 0 Å². The number of rotatable bonds is 2. The van der Waals surface area contributed by atoms with E-state index in [1.165, 1.54) is 0 Å². The molecule has 1 rings (SSSR count). The molecule has 0 saturated carbocycles. The molecule has 0 spiro atoms. The lowest BCUT2D eigenvalue weighted by atomic mass is 10.2. The van der Waals surface area contributed by atoms with Crippen LogP contribution in [0.3, 0.4) is 0 Å². The number of hydrogen-bond donors (Lipinski definition) is 1. The van der Waals surface area contributed by atoms with Crippen LogP contribution in [-0.4, -0.2) is 9.67 Å². The number of carbonyl (C=O) groups excluding carboxylic acids is 1. The maximum absolute atomic E-state index is 10.7. The standard InChI is InChI=1S/C8H8O2S/c9-8(11-10)6-7-4-2-1-3-5-7/h1-5,10H,6H2. The first kappa shape index (κ1) is 8.30. The molecule has 0 radical (unpaired) electrons. The van der Waals surface area contributed by atoms with Crippen LogP contribution >= 0.6 is 12.0 Å². The van der Waals surface area contributed by atoms with Gasteiger partial charge in [-0.1, -0.05) is 30.3 Å². The smallest absolute Gasteiger partial charge is 0.219 e. The zero-order valence-corrected chi connectivity index (χ0v) is 6.67. The van der Waals surface area contributed by atoms with Crippen molar-refractivity contribution < 1.29 is 9.35 Å². The Morgan fingerprint density at radius 3 is 2.55 bits per heavy atom. The van der Waals surface area contributed by atoms with Gasteiger partial charge in [-0.25, -0.2) is 0 Å². The van der Waals surface area contributed by atoms with E-state index >= 15 is 0 Å². The van der Waals surface area contributed by atoms with Crippen LogP contribution in [-0.2, 0) is 11.2 Å². The molecule has 1 aromatic carbocycles. The average Bonchev–Trinajstić information content (AvgIpc) is 2.06. The second-order valence-corrected chi connectivity index (χ2v) is 2.76. The summed E-state index contributed by atoms with van der Waals surface area (Å²) in [7, 11) is 0. The van der Waals surface area contributed by atoms with Crippen LogP contribution in [0.2, 0.25) is 0 Å². The average molecular weight is 168 g/mol. The Balaban J connectivity index is 2.58. The van der Waals surface area contributed by atoms with Crippen LogP contribution in [0.4, 0.5) is 0 Å². The van der Waals surface area contributed by atoms with Gasteiger partial charge >= 0.3 is 0 Å². The van der Waals surface area contributed by atoms with E-state index in [9.17, 15) is 4.79 Å². The Bertz CT molecular complexity index is 233. The molecule has 11 heavy (non-hydrogen) atoms. The normalized spacial score (nSPS) is 9.55. The molecule has 0 aromatic heterocycles. The fourth-order valence-corrected chi connectivity index (χ4v) is 1.03. The number of carbonyl (C=O) groups is 1. The Morgan fingerprint density at radius 1 is 1.36 bits per heavy atom. The SMILES string of the molecule is O=C(Cc1ccccc1)SO. The van der Waals surface area contributed by atoms with Crippen molar-refractivity contribution in [2.45, 2.75) is 6.42 Å². The van der Waals surface area contributed by atoms with Crippen LogP contribution in [0.5, 0.6) is 0 Å². The van der Waals surface area contributed by atoms with Crippen LogP contribution in [0.15, 0.2) is 30.3 Å². The summed E-state index contributed by atoms with van der Waals surface area (Å²) in [5, 5.41) is -0.226. The number of benzene rings is 1. The maximum atomic E-state index is 10.7. The molecule has 1 N–H and O–H groups in total. The fourth-order valence-electron chi connectivity index (χ4n) is 0.795. The second kappa shape index (κ2) is 4.16. The van der Waals surface area contributed by atoms with E-state index in [4.69, 9.17) is 4.55 Å². The molecular formula is C8H8O2S. The highest BCUT2D eigenvalue weighted by molar-refractivity contribution is 8.08. The molecule has 0 unspecified atom stereocenters. The summed E-state index contributed by atoms with van der Waals surface area (Å²) in [5.74, 6) is 0. The molecule has 0 aliphatic rings. The van der Waals surface area contributed by atoms with Gasteiger partial charge in [0.2, 0.25) is 5.12 Å². The molecule has 0 aliphatic carbocycles. The monoisotopic (exact) mass is 168 g/mol. The van der Waals surface area contributed by atoms with Crippen molar-refractivity contribution in [2.24, 2.45) is 0 Å². The second-order valence-electron chi connectivity index (χ2n) is 2.13. The predicted octanol–water partition coefficient (Wildman–Crippen LogP) is 1.96. The van der Waals surface area contributed by atoms with Gasteiger partial charge in [-0.05, 0) is 5.56 Å². The summed E-state index contributed by atoms with van der Waals surface area (Å²) < 4.78 is 8.36. The molecule has 0 aliphatic heterocycles. The zero-order valence-electron chi connectivity index (χ0n) is 5.86. The van der Waals surface area contributed by atoms with Crippen LogP contribution < -0.4 is 0 Å². The summed E-state index contributed by atoms with van der Waals surface area (Å²) in [4.78, 5) is 10.7. The molecule has 0 saturated heterocycles. The van der Waals surface area contributed by atoms with Crippen molar-refractivity contribution in [3.05, 3.63) is 35.9 Å². The first-order chi connectivity index (χ1) is 5.33. The molecule has 0 bridgehead atoms. The maximum Gasteiger partial charge on any atom is 0.219 e. The van der Waals surface area contributed by atoms with Gasteiger partial charge in [0.1, 0.15) is 0 Å². The third-order valence-corrected chi connectivity index (χ3v) is 1.64. The summed E-state index contributed by atoms with van der Waals surface area (Å²) in [6.07, 6.45) is 0.294. The van der Waals surface area contributed by atoms with Crippen molar-refractivity contribution in [1.82, 2.24) is 0 Å². The lowest BCUT2D eigenvalue weighted by molar-refractivity contribution is -0.110. The Labute approximate surface area is 69.4 Å². The molecule has 0 fully saturated rings. The van der Waals surface area contributed by atoms with E-state index in [-0.39, 0.29) is 17.2 Å². The van der Waals surface area contributed by atoms with Crippen molar-refractivity contribution in [3.8, 4) is 0 Å². The predicted molar refractivity (Wildman–Crippen MR) is 45.4 cm³/mol. The lowest BCUT2D eigenvalue weighted by Gasteiger charge is -1.94. The first-order valence-electron chi connectivity index (χ1n) is 3.21. The van der Waals surface area contributed by atoms with E-state index in [1.807, 2.05) is 30.3 Å². The molecule has 0 amide bonds. The third-order valence-electron chi connectivity index (χ3n) is 1.29. The minimum Gasteiger partial charge on any atom is -0.323 e. The molecule has 3 heteroatoms. The highest BCUT2D eigenvalue weighted by Crippen LogP contribution is 2.04. The Hall–Kier alpha value is -0.800. The van der Waals surface area contributed by atoms with Gasteiger partial charge in [0.05, 0.1) is 12.0 Å². The Morgan fingerprint density at radius 2 is 2.00 bits per heavy atom. The highest BCUT2D eigenvalue weighted by atomic mass is 32.2. The third kappa shape index (κ3) is 2.74. The highest BCUT2D eigenvalue weighted by Gasteiger charge is 2.00. The van der Waals surface area contributed by atoms with Crippen LogP contribution in [0.1, 0.15) is 5.56 Å². The van der Waals surface area contributed by atoms with Crippen molar-refractivity contribution >= 4 is 17.2 Å². The molecule has 1 aromatic rings. The molecule has 0 atom stereocenters. The Kier molecular flexibility index (Phi) is 3.14. The number of hydrogen-bond acceptors (Lipinski definition) is 3. The molecule has 0 heterocycles. The summed E-state index contributed by atoms with van der Waals surface area (Å²) in [6, 6.07) is 9.33. The van der Waals surface area contributed by atoms with E-state index in [1.54, 1.807) is 0 Å². The molecule has 2 nitrogen and oxygen atoms in total. The minimum absolute atomic E-state index is 0.226. The summed E-state index contributed by atoms with van der Waals surface area (Å²) in [5.41, 5.74) is 0.930. The molecular weight excluding hydrogens is 160 g/mol. The van der Waals surface area contributed by atoms with Gasteiger partial charge in [-0.15, -0.1) is 0 Å². The van der Waals surface area contributed by atoms with Crippen molar-refractivity contribution in [1.29, 1.82) is 0 Å². The van der Waals surface area contributed by atoms with Gasteiger partial charge in [0, 0.05) is 6.42 Å². The van der Waals surface area contributed by atoms with Crippen molar-refractivity contribution in [3.63, 3.8) is 0 Å². The van der Waals surface area contributed by atoms with Gasteiger partial charge in [0.25, 0.3) is 0 Å². The van der Waals surface area contributed by atoms with E-state index in [2.05, 4.69) is 0 Å². The fraction of sp³-hybridized carbons (Fsp3) is 0.125. The van der Waals surface area contributed by atoms with Crippen molar-refractivity contribution in [2.75, 3.05) is 0 Å². The van der Waals surface area contributed by atoms with E-state index in [0.717, 1.165) is 5.56 Å². The largest absolute Gasteiger partial charge is 0.323 e. The van der Waals surface area contributed by atoms with Gasteiger partial charge in [-0.3, -0.25) is 4.79 Å². The quantitative estimate of drug-likeness (QED) is 0.686. The minimum atomic E-state index is -0.226. The van der Waals surface area contributed by atoms with Gasteiger partial charge in [-0.2, -0.15) is 0 Å². The topological polar surface area (TPSA) is 37.3 Å². The van der Waals surface area contributed by atoms with Crippen LogP contribution in [0.25, 0.3) is 0 Å².